The predicted molar refractivity (Wildman–Crippen MR) is 95.7 cm³/mol. The standard InChI is InChI=1S/C18H28N4O5/c1-13(23)21-18(10-4-2-3-5-11-18)17-20-15(27-22-17)9-8-14(24)19-12-6-7-16(25)26/h2-12H2,1H3,(H,19,24)(H,21,23)(H,25,26). The highest BCUT2D eigenvalue weighted by molar-refractivity contribution is 5.76. The highest BCUT2D eigenvalue weighted by Gasteiger charge is 2.38. The van der Waals surface area contributed by atoms with Gasteiger partial charge in [0, 0.05) is 32.7 Å². The van der Waals surface area contributed by atoms with Crippen LogP contribution in [0, 0.1) is 0 Å². The lowest BCUT2D eigenvalue weighted by atomic mass is 9.89. The minimum Gasteiger partial charge on any atom is -0.481 e. The Labute approximate surface area is 158 Å². The molecule has 150 valence electrons. The topological polar surface area (TPSA) is 134 Å². The maximum absolute atomic E-state index is 11.8. The minimum absolute atomic E-state index is 0.0263. The number of aliphatic carboxylic acids is 1. The van der Waals surface area contributed by atoms with Crippen molar-refractivity contribution < 1.29 is 24.0 Å². The molecule has 0 bridgehead atoms. The van der Waals surface area contributed by atoms with Crippen molar-refractivity contribution in [1.82, 2.24) is 20.8 Å². The van der Waals surface area contributed by atoms with Crippen LogP contribution >= 0.6 is 0 Å². The fraction of sp³-hybridized carbons (Fsp3) is 0.722. The third-order valence-electron chi connectivity index (χ3n) is 4.72. The molecule has 0 aromatic carbocycles. The summed E-state index contributed by atoms with van der Waals surface area (Å²) in [6.45, 7) is 1.81. The van der Waals surface area contributed by atoms with Gasteiger partial charge in [0.15, 0.2) is 5.82 Å². The number of carbonyl (C=O) groups is 3. The van der Waals surface area contributed by atoms with Crippen molar-refractivity contribution in [2.24, 2.45) is 0 Å². The SMILES string of the molecule is CC(=O)NC1(c2noc(CCC(=O)NCCCC(=O)O)n2)CCCCCC1. The summed E-state index contributed by atoms with van der Waals surface area (Å²) in [5.74, 6) is -0.347. The number of carbonyl (C=O) groups excluding carboxylic acids is 2. The molecule has 9 heteroatoms. The van der Waals surface area contributed by atoms with Crippen LogP contribution in [-0.2, 0) is 26.3 Å². The third kappa shape index (κ3) is 6.65. The molecule has 2 amide bonds. The van der Waals surface area contributed by atoms with E-state index in [0.29, 0.717) is 31.1 Å². The lowest BCUT2D eigenvalue weighted by molar-refractivity contribution is -0.137. The van der Waals surface area contributed by atoms with Crippen LogP contribution < -0.4 is 10.6 Å². The summed E-state index contributed by atoms with van der Waals surface area (Å²) in [6, 6.07) is 0. The monoisotopic (exact) mass is 380 g/mol. The zero-order valence-electron chi connectivity index (χ0n) is 15.8. The molecule has 0 radical (unpaired) electrons. The van der Waals surface area contributed by atoms with E-state index in [2.05, 4.69) is 20.8 Å². The summed E-state index contributed by atoms with van der Waals surface area (Å²) >= 11 is 0. The number of amides is 2. The molecule has 27 heavy (non-hydrogen) atoms. The number of rotatable bonds is 9. The van der Waals surface area contributed by atoms with Crippen molar-refractivity contribution >= 4 is 17.8 Å². The van der Waals surface area contributed by atoms with Gasteiger partial charge in [-0.2, -0.15) is 4.98 Å². The number of hydrogen-bond donors (Lipinski definition) is 3. The summed E-state index contributed by atoms with van der Waals surface area (Å²) in [5, 5.41) is 18.3. The van der Waals surface area contributed by atoms with Crippen LogP contribution in [0.15, 0.2) is 4.52 Å². The van der Waals surface area contributed by atoms with Crippen molar-refractivity contribution in [3.63, 3.8) is 0 Å². The molecule has 9 nitrogen and oxygen atoms in total. The number of aromatic nitrogens is 2. The van der Waals surface area contributed by atoms with E-state index >= 15 is 0 Å². The highest BCUT2D eigenvalue weighted by Crippen LogP contribution is 2.34. The molecule has 3 N–H and O–H groups in total. The molecule has 0 unspecified atom stereocenters. The van der Waals surface area contributed by atoms with Gasteiger partial charge in [-0.05, 0) is 19.3 Å². The van der Waals surface area contributed by atoms with Gasteiger partial charge in [-0.15, -0.1) is 0 Å². The molecule has 0 aliphatic heterocycles. The second-order valence-electron chi connectivity index (χ2n) is 7.04. The lowest BCUT2D eigenvalue weighted by Crippen LogP contribution is -2.45. The van der Waals surface area contributed by atoms with Crippen molar-refractivity contribution in [3.8, 4) is 0 Å². The Bertz CT molecular complexity index is 650. The van der Waals surface area contributed by atoms with E-state index in [1.807, 2.05) is 0 Å². The summed E-state index contributed by atoms with van der Waals surface area (Å²) in [4.78, 5) is 38.4. The first-order valence-electron chi connectivity index (χ1n) is 9.51. The van der Waals surface area contributed by atoms with Crippen LogP contribution in [0.1, 0.15) is 76.4 Å². The quantitative estimate of drug-likeness (QED) is 0.438. The van der Waals surface area contributed by atoms with Gasteiger partial charge in [0.2, 0.25) is 17.7 Å². The normalized spacial score (nSPS) is 16.3. The van der Waals surface area contributed by atoms with E-state index in [4.69, 9.17) is 9.63 Å². The molecule has 0 atom stereocenters. The average molecular weight is 380 g/mol. The number of aryl methyl sites for hydroxylation is 1. The largest absolute Gasteiger partial charge is 0.481 e. The number of nitrogens with one attached hydrogen (secondary N) is 2. The van der Waals surface area contributed by atoms with E-state index in [1.54, 1.807) is 0 Å². The van der Waals surface area contributed by atoms with Crippen LogP contribution in [0.2, 0.25) is 0 Å². The lowest BCUT2D eigenvalue weighted by Gasteiger charge is -2.30. The third-order valence-corrected chi connectivity index (χ3v) is 4.72. The van der Waals surface area contributed by atoms with Crippen molar-refractivity contribution in [2.45, 2.75) is 76.7 Å². The molecule has 0 saturated heterocycles. The Balaban J connectivity index is 1.90. The van der Waals surface area contributed by atoms with Gasteiger partial charge in [0.05, 0.1) is 0 Å². The zero-order chi connectivity index (χ0) is 19.7. The highest BCUT2D eigenvalue weighted by atomic mass is 16.5. The van der Waals surface area contributed by atoms with Gasteiger partial charge in [0.25, 0.3) is 0 Å². The van der Waals surface area contributed by atoms with Gasteiger partial charge >= 0.3 is 5.97 Å². The van der Waals surface area contributed by atoms with E-state index in [1.165, 1.54) is 6.92 Å². The molecule has 1 aliphatic rings. The van der Waals surface area contributed by atoms with E-state index in [-0.39, 0.29) is 24.7 Å². The first-order valence-corrected chi connectivity index (χ1v) is 9.51. The smallest absolute Gasteiger partial charge is 0.303 e. The molecule has 2 rings (SSSR count). The molecular formula is C18H28N4O5. The minimum atomic E-state index is -0.880. The molecule has 1 heterocycles. The summed E-state index contributed by atoms with van der Waals surface area (Å²) in [7, 11) is 0. The summed E-state index contributed by atoms with van der Waals surface area (Å²) in [6.07, 6.45) is 6.67. The fourth-order valence-corrected chi connectivity index (χ4v) is 3.40. The maximum atomic E-state index is 11.8. The van der Waals surface area contributed by atoms with Gasteiger partial charge in [-0.1, -0.05) is 30.8 Å². The van der Waals surface area contributed by atoms with Crippen LogP contribution in [0.3, 0.4) is 0 Å². The summed E-state index contributed by atoms with van der Waals surface area (Å²) in [5.41, 5.74) is -0.594. The molecule has 0 spiro atoms. The van der Waals surface area contributed by atoms with Gasteiger partial charge in [-0.3, -0.25) is 14.4 Å². The number of hydrogen-bond acceptors (Lipinski definition) is 6. The maximum Gasteiger partial charge on any atom is 0.303 e. The number of carboxylic acids is 1. The Morgan fingerprint density at radius 3 is 2.48 bits per heavy atom. The average Bonchev–Trinajstić information content (AvgIpc) is 2.97. The van der Waals surface area contributed by atoms with Crippen LogP contribution in [0.5, 0.6) is 0 Å². The van der Waals surface area contributed by atoms with E-state index in [0.717, 1.165) is 38.5 Å². The van der Waals surface area contributed by atoms with Crippen LogP contribution in [0.4, 0.5) is 0 Å². The predicted octanol–water partition coefficient (Wildman–Crippen LogP) is 1.67. The molecule has 1 aromatic rings. The van der Waals surface area contributed by atoms with Gasteiger partial charge < -0.3 is 20.3 Å². The molecule has 1 fully saturated rings. The second kappa shape index (κ2) is 10.0. The van der Waals surface area contributed by atoms with E-state index in [9.17, 15) is 14.4 Å². The van der Waals surface area contributed by atoms with E-state index < -0.39 is 11.5 Å². The Hall–Kier alpha value is -2.45. The fourth-order valence-electron chi connectivity index (χ4n) is 3.40. The summed E-state index contributed by atoms with van der Waals surface area (Å²) < 4.78 is 5.30. The first-order chi connectivity index (χ1) is 12.9. The van der Waals surface area contributed by atoms with Crippen molar-refractivity contribution in [2.75, 3.05) is 6.54 Å². The van der Waals surface area contributed by atoms with Crippen molar-refractivity contribution in [1.29, 1.82) is 0 Å². The number of nitrogens with zero attached hydrogens (tertiary/aromatic N) is 2. The van der Waals surface area contributed by atoms with Crippen molar-refractivity contribution in [3.05, 3.63) is 11.7 Å². The molecule has 1 aromatic heterocycles. The Morgan fingerprint density at radius 2 is 1.85 bits per heavy atom. The van der Waals surface area contributed by atoms with Crippen LogP contribution in [-0.4, -0.2) is 39.6 Å². The molecular weight excluding hydrogens is 352 g/mol. The zero-order valence-corrected chi connectivity index (χ0v) is 15.8. The van der Waals surface area contributed by atoms with Gasteiger partial charge in [0.1, 0.15) is 5.54 Å². The first kappa shape index (κ1) is 20.9. The second-order valence-corrected chi connectivity index (χ2v) is 7.04. The van der Waals surface area contributed by atoms with Crippen LogP contribution in [0.25, 0.3) is 0 Å². The Kier molecular flexibility index (Phi) is 7.75. The molecule has 1 aliphatic carbocycles. The Morgan fingerprint density at radius 1 is 1.15 bits per heavy atom. The number of carboxylic acid groups (broad SMARTS) is 1. The molecule has 1 saturated carbocycles. The van der Waals surface area contributed by atoms with Gasteiger partial charge in [-0.25, -0.2) is 0 Å².